The van der Waals surface area contributed by atoms with E-state index in [0.717, 1.165) is 29.6 Å². The van der Waals surface area contributed by atoms with Crippen LogP contribution in [0, 0.1) is 11.7 Å². The molecular formula is C32H38FN5O6. The summed E-state index contributed by atoms with van der Waals surface area (Å²) in [6.45, 7) is 9.65. The molecular weight excluding hydrogens is 569 g/mol. The molecule has 0 bridgehead atoms. The number of halogens is 1. The van der Waals surface area contributed by atoms with Crippen LogP contribution in [0.2, 0.25) is 0 Å². The quantitative estimate of drug-likeness (QED) is 0.264. The van der Waals surface area contributed by atoms with Crippen molar-refractivity contribution in [2.75, 3.05) is 13.2 Å². The Morgan fingerprint density at radius 1 is 1.09 bits per heavy atom. The van der Waals surface area contributed by atoms with E-state index in [2.05, 4.69) is 21.5 Å². The molecule has 12 heteroatoms. The van der Waals surface area contributed by atoms with Crippen molar-refractivity contribution in [2.45, 2.75) is 65.6 Å². The van der Waals surface area contributed by atoms with Crippen LogP contribution >= 0.6 is 0 Å². The molecule has 1 aliphatic heterocycles. The van der Waals surface area contributed by atoms with Gasteiger partial charge >= 0.3 is 5.97 Å². The standard InChI is InChI=1S/C32H38FN5O6/c1-6-27(43-23-12-9-21(10-13-23)26-8-7-15-41-30(36-26)18(2)3)31-37-28(38-44-31)22-11-14-24(25(33)16-22)29(39)35-19(4)17-42-32(40)20(5)34/h8-14,16,18-20,27H,6-7,15,17,34H2,1-5H3,(H,35,39)/t19?,20-,27?/m0/s1. The van der Waals surface area contributed by atoms with Crippen molar-refractivity contribution in [2.24, 2.45) is 16.6 Å². The fraction of sp³-hybridized carbons (Fsp3) is 0.406. The summed E-state index contributed by atoms with van der Waals surface area (Å²) < 4.78 is 37.3. The molecule has 3 aromatic rings. The van der Waals surface area contributed by atoms with Gasteiger partial charge in [0.25, 0.3) is 11.8 Å². The highest BCUT2D eigenvalue weighted by atomic mass is 19.1. The van der Waals surface area contributed by atoms with E-state index in [0.29, 0.717) is 24.3 Å². The monoisotopic (exact) mass is 607 g/mol. The second-order valence-electron chi connectivity index (χ2n) is 10.8. The average Bonchev–Trinajstić information content (AvgIpc) is 3.35. The van der Waals surface area contributed by atoms with E-state index < -0.39 is 35.9 Å². The van der Waals surface area contributed by atoms with Crippen LogP contribution < -0.4 is 15.8 Å². The summed E-state index contributed by atoms with van der Waals surface area (Å²) in [4.78, 5) is 33.2. The lowest BCUT2D eigenvalue weighted by Crippen LogP contribution is -2.39. The highest BCUT2D eigenvalue weighted by molar-refractivity contribution is 5.95. The van der Waals surface area contributed by atoms with Gasteiger partial charge in [-0.2, -0.15) is 4.98 Å². The molecule has 1 aromatic heterocycles. The summed E-state index contributed by atoms with van der Waals surface area (Å²) >= 11 is 0. The van der Waals surface area contributed by atoms with E-state index in [9.17, 15) is 14.0 Å². The predicted molar refractivity (Wildman–Crippen MR) is 162 cm³/mol. The van der Waals surface area contributed by atoms with Crippen molar-refractivity contribution in [1.82, 2.24) is 15.5 Å². The molecule has 2 aromatic carbocycles. The molecule has 0 spiro atoms. The number of aliphatic imine (C=N–C) groups is 1. The van der Waals surface area contributed by atoms with Crippen molar-refractivity contribution >= 4 is 23.5 Å². The Hall–Kier alpha value is -4.58. The lowest BCUT2D eigenvalue weighted by atomic mass is 10.1. The summed E-state index contributed by atoms with van der Waals surface area (Å²) in [6.07, 6.45) is 2.84. The van der Waals surface area contributed by atoms with Crippen LogP contribution in [0.3, 0.4) is 0 Å². The summed E-state index contributed by atoms with van der Waals surface area (Å²) in [5.74, 6) is -0.109. The Morgan fingerprint density at radius 3 is 2.48 bits per heavy atom. The van der Waals surface area contributed by atoms with Gasteiger partial charge in [-0.25, -0.2) is 9.38 Å². The maximum Gasteiger partial charge on any atom is 0.322 e. The van der Waals surface area contributed by atoms with E-state index in [-0.39, 0.29) is 29.8 Å². The number of aromatic nitrogens is 2. The second-order valence-corrected chi connectivity index (χ2v) is 10.8. The van der Waals surface area contributed by atoms with Crippen LogP contribution in [0.4, 0.5) is 4.39 Å². The highest BCUT2D eigenvalue weighted by Gasteiger charge is 2.22. The number of ether oxygens (including phenoxy) is 3. The van der Waals surface area contributed by atoms with Crippen LogP contribution in [0.1, 0.15) is 75.4 Å². The van der Waals surface area contributed by atoms with Crippen molar-refractivity contribution in [3.8, 4) is 17.1 Å². The first-order valence-electron chi connectivity index (χ1n) is 14.6. The number of esters is 1. The van der Waals surface area contributed by atoms with Gasteiger partial charge in [0.1, 0.15) is 24.2 Å². The smallest absolute Gasteiger partial charge is 0.322 e. The third-order valence-electron chi connectivity index (χ3n) is 6.64. The fourth-order valence-electron chi connectivity index (χ4n) is 4.21. The topological polar surface area (TPSA) is 151 Å². The van der Waals surface area contributed by atoms with Gasteiger partial charge < -0.3 is 29.8 Å². The van der Waals surface area contributed by atoms with Crippen LogP contribution in [-0.2, 0) is 14.3 Å². The van der Waals surface area contributed by atoms with E-state index in [1.807, 2.05) is 45.0 Å². The predicted octanol–water partition coefficient (Wildman–Crippen LogP) is 5.23. The van der Waals surface area contributed by atoms with Crippen molar-refractivity contribution < 1.29 is 32.7 Å². The molecule has 2 unspecified atom stereocenters. The number of carbonyl (C=O) groups is 2. The normalized spacial score (nSPS) is 15.3. The van der Waals surface area contributed by atoms with Crippen molar-refractivity contribution in [3.63, 3.8) is 0 Å². The highest BCUT2D eigenvalue weighted by Crippen LogP contribution is 2.29. The maximum absolute atomic E-state index is 14.9. The SMILES string of the molecule is CCC(Oc1ccc(C2=CCCOC(C(C)C)=N2)cc1)c1nc(-c2ccc(C(=O)NC(C)COC(=O)[C@H](C)N)c(F)c2)no1. The van der Waals surface area contributed by atoms with Crippen LogP contribution in [0.5, 0.6) is 5.75 Å². The number of benzene rings is 2. The lowest BCUT2D eigenvalue weighted by Gasteiger charge is -2.15. The first-order chi connectivity index (χ1) is 21.0. The molecule has 11 nitrogen and oxygen atoms in total. The van der Waals surface area contributed by atoms with Gasteiger partial charge in [-0.15, -0.1) is 0 Å². The first kappa shape index (κ1) is 32.3. The minimum atomic E-state index is -0.779. The average molecular weight is 608 g/mol. The number of hydrogen-bond acceptors (Lipinski definition) is 10. The summed E-state index contributed by atoms with van der Waals surface area (Å²) in [5, 5.41) is 6.59. The van der Waals surface area contributed by atoms with Gasteiger partial charge in [0.05, 0.1) is 23.9 Å². The number of hydrogen-bond donors (Lipinski definition) is 2. The summed E-state index contributed by atoms with van der Waals surface area (Å²) in [6, 6.07) is 10.3. The number of rotatable bonds is 12. The van der Waals surface area contributed by atoms with Crippen LogP contribution in [0.25, 0.3) is 17.1 Å². The molecule has 3 atom stereocenters. The molecule has 0 saturated carbocycles. The zero-order chi connectivity index (χ0) is 31.8. The summed E-state index contributed by atoms with van der Waals surface area (Å²) in [7, 11) is 0. The Balaban J connectivity index is 1.40. The number of nitrogens with one attached hydrogen (secondary N) is 1. The Kier molecular flexibility index (Phi) is 10.8. The molecule has 1 amide bonds. The van der Waals surface area contributed by atoms with Crippen LogP contribution in [-0.4, -0.2) is 53.2 Å². The molecule has 0 radical (unpaired) electrons. The minimum absolute atomic E-state index is 0.0938. The Morgan fingerprint density at radius 2 is 1.82 bits per heavy atom. The zero-order valence-electron chi connectivity index (χ0n) is 25.5. The number of amides is 1. The largest absolute Gasteiger partial charge is 0.481 e. The summed E-state index contributed by atoms with van der Waals surface area (Å²) in [5.41, 5.74) is 7.41. The van der Waals surface area contributed by atoms with E-state index in [1.165, 1.54) is 19.1 Å². The maximum atomic E-state index is 14.9. The van der Waals surface area contributed by atoms with Gasteiger partial charge in [0.15, 0.2) is 12.0 Å². The third-order valence-corrected chi connectivity index (χ3v) is 6.64. The molecule has 4 rings (SSSR count). The van der Waals surface area contributed by atoms with E-state index in [4.69, 9.17) is 29.5 Å². The number of nitrogens with zero attached hydrogens (tertiary/aromatic N) is 3. The van der Waals surface area contributed by atoms with Gasteiger partial charge in [-0.05, 0) is 56.7 Å². The van der Waals surface area contributed by atoms with E-state index in [1.54, 1.807) is 6.92 Å². The minimum Gasteiger partial charge on any atom is -0.481 e. The third kappa shape index (κ3) is 8.28. The van der Waals surface area contributed by atoms with Crippen molar-refractivity contribution in [1.29, 1.82) is 0 Å². The van der Waals surface area contributed by atoms with Gasteiger partial charge in [-0.3, -0.25) is 9.59 Å². The lowest BCUT2D eigenvalue weighted by molar-refractivity contribution is -0.145. The zero-order valence-corrected chi connectivity index (χ0v) is 25.5. The number of carbonyl (C=O) groups excluding carboxylic acids is 2. The van der Waals surface area contributed by atoms with E-state index >= 15 is 0 Å². The molecule has 0 saturated heterocycles. The first-order valence-corrected chi connectivity index (χ1v) is 14.6. The molecule has 234 valence electrons. The van der Waals surface area contributed by atoms with Gasteiger partial charge in [-0.1, -0.05) is 38.1 Å². The van der Waals surface area contributed by atoms with Gasteiger partial charge in [0.2, 0.25) is 5.82 Å². The fourth-order valence-corrected chi connectivity index (χ4v) is 4.21. The van der Waals surface area contributed by atoms with Gasteiger partial charge in [0, 0.05) is 23.5 Å². The second kappa shape index (κ2) is 14.7. The van der Waals surface area contributed by atoms with Crippen LogP contribution in [0.15, 0.2) is 58.1 Å². The van der Waals surface area contributed by atoms with Crippen molar-refractivity contribution in [3.05, 3.63) is 71.4 Å². The molecule has 2 heterocycles. The number of nitrogens with two attached hydrogens (primary N) is 1. The molecule has 0 aliphatic carbocycles. The molecule has 1 aliphatic rings. The Labute approximate surface area is 255 Å². The molecule has 3 N–H and O–H groups in total. The molecule has 0 fully saturated rings. The molecule has 44 heavy (non-hydrogen) atoms. The Bertz CT molecular complexity index is 1520.